The zero-order valence-electron chi connectivity index (χ0n) is 14.3. The summed E-state index contributed by atoms with van der Waals surface area (Å²) in [5.41, 5.74) is 0.958. The van der Waals surface area contributed by atoms with Crippen LogP contribution in [0.4, 0.5) is 4.39 Å². The van der Waals surface area contributed by atoms with E-state index in [0.717, 1.165) is 23.8 Å². The molecule has 0 amide bonds. The van der Waals surface area contributed by atoms with Gasteiger partial charge in [-0.3, -0.25) is 0 Å². The molecule has 2 saturated carbocycles. The van der Waals surface area contributed by atoms with Gasteiger partial charge >= 0.3 is 0 Å². The van der Waals surface area contributed by atoms with Crippen molar-refractivity contribution in [2.24, 2.45) is 17.8 Å². The molecule has 1 N–H and O–H groups in total. The SMILES string of the molecule is Oc1cc(F)cc(CC2CCCC(CCCC3CCCC3)C2)c1. The molecule has 0 aliphatic heterocycles. The van der Waals surface area contributed by atoms with Gasteiger partial charge < -0.3 is 5.11 Å². The molecule has 2 fully saturated rings. The molecule has 2 unspecified atom stereocenters. The standard InChI is InChI=1S/C21H31FO/c22-20-13-19(14-21(23)15-20)12-18-10-4-9-17(11-18)8-3-7-16-5-1-2-6-16/h13-18,23H,1-12H2. The van der Waals surface area contributed by atoms with Crippen molar-refractivity contribution in [1.29, 1.82) is 0 Å². The second-order valence-electron chi connectivity index (χ2n) is 8.00. The van der Waals surface area contributed by atoms with Crippen LogP contribution in [0.5, 0.6) is 5.75 Å². The Kier molecular flexibility index (Phi) is 5.96. The van der Waals surface area contributed by atoms with Gasteiger partial charge in [-0.2, -0.15) is 0 Å². The topological polar surface area (TPSA) is 20.2 Å². The third kappa shape index (κ3) is 5.22. The normalized spacial score (nSPS) is 25.8. The lowest BCUT2D eigenvalue weighted by molar-refractivity contribution is 0.245. The maximum absolute atomic E-state index is 13.4. The Balaban J connectivity index is 1.43. The minimum atomic E-state index is -0.316. The van der Waals surface area contributed by atoms with Gasteiger partial charge in [-0.05, 0) is 48.3 Å². The summed E-state index contributed by atoms with van der Waals surface area (Å²) in [5.74, 6) is 2.30. The zero-order valence-corrected chi connectivity index (χ0v) is 14.3. The number of hydrogen-bond acceptors (Lipinski definition) is 1. The van der Waals surface area contributed by atoms with Crippen LogP contribution in [0.3, 0.4) is 0 Å². The highest BCUT2D eigenvalue weighted by atomic mass is 19.1. The summed E-state index contributed by atoms with van der Waals surface area (Å²) in [6, 6.07) is 4.51. The van der Waals surface area contributed by atoms with Gasteiger partial charge in [0.1, 0.15) is 11.6 Å². The molecular formula is C21H31FO. The summed E-state index contributed by atoms with van der Waals surface area (Å²) >= 11 is 0. The fourth-order valence-electron chi connectivity index (χ4n) is 4.93. The average Bonchev–Trinajstić information content (AvgIpc) is 3.00. The average molecular weight is 318 g/mol. The Morgan fingerprint density at radius 2 is 1.57 bits per heavy atom. The molecule has 2 atom stereocenters. The van der Waals surface area contributed by atoms with Gasteiger partial charge in [0.05, 0.1) is 0 Å². The Labute approximate surface area is 140 Å². The molecule has 23 heavy (non-hydrogen) atoms. The summed E-state index contributed by atoms with van der Waals surface area (Å²) in [7, 11) is 0. The minimum absolute atomic E-state index is 0.0592. The molecule has 2 aliphatic rings. The summed E-state index contributed by atoms with van der Waals surface area (Å²) in [6.07, 6.45) is 16.3. The van der Waals surface area contributed by atoms with Crippen molar-refractivity contribution in [2.75, 3.05) is 0 Å². The van der Waals surface area contributed by atoms with E-state index in [9.17, 15) is 9.50 Å². The summed E-state index contributed by atoms with van der Waals surface area (Å²) in [6.45, 7) is 0. The first-order valence-electron chi connectivity index (χ1n) is 9.67. The lowest BCUT2D eigenvalue weighted by Gasteiger charge is -2.29. The maximum Gasteiger partial charge on any atom is 0.127 e. The molecule has 1 nitrogen and oxygen atoms in total. The predicted molar refractivity (Wildman–Crippen MR) is 93.0 cm³/mol. The van der Waals surface area contributed by atoms with Crippen LogP contribution in [-0.4, -0.2) is 5.11 Å². The van der Waals surface area contributed by atoms with Crippen molar-refractivity contribution in [3.63, 3.8) is 0 Å². The molecule has 0 bridgehead atoms. The number of aromatic hydroxyl groups is 1. The molecule has 2 aliphatic carbocycles. The molecule has 2 heteroatoms. The fraction of sp³-hybridized carbons (Fsp3) is 0.714. The second-order valence-corrected chi connectivity index (χ2v) is 8.00. The Morgan fingerprint density at radius 3 is 2.35 bits per heavy atom. The lowest BCUT2D eigenvalue weighted by Crippen LogP contribution is -2.17. The molecular weight excluding hydrogens is 287 g/mol. The first-order valence-corrected chi connectivity index (χ1v) is 9.67. The van der Waals surface area contributed by atoms with E-state index in [1.54, 1.807) is 12.1 Å². The number of halogens is 1. The third-order valence-electron chi connectivity index (χ3n) is 6.06. The van der Waals surface area contributed by atoms with E-state index < -0.39 is 0 Å². The zero-order chi connectivity index (χ0) is 16.1. The number of benzene rings is 1. The van der Waals surface area contributed by atoms with Crippen molar-refractivity contribution in [3.8, 4) is 5.75 Å². The van der Waals surface area contributed by atoms with Crippen molar-refractivity contribution in [1.82, 2.24) is 0 Å². The molecule has 0 aromatic heterocycles. The first kappa shape index (κ1) is 16.8. The number of phenolic OH excluding ortho intramolecular Hbond substituents is 1. The Hall–Kier alpha value is -1.05. The van der Waals surface area contributed by atoms with E-state index in [1.807, 2.05) is 0 Å². The molecule has 0 heterocycles. The van der Waals surface area contributed by atoms with Crippen LogP contribution in [0.2, 0.25) is 0 Å². The van der Waals surface area contributed by atoms with Crippen molar-refractivity contribution >= 4 is 0 Å². The predicted octanol–water partition coefficient (Wildman–Crippen LogP) is 6.24. The van der Waals surface area contributed by atoms with E-state index >= 15 is 0 Å². The van der Waals surface area contributed by atoms with Crippen molar-refractivity contribution < 1.29 is 9.50 Å². The highest BCUT2D eigenvalue weighted by molar-refractivity contribution is 5.28. The van der Waals surface area contributed by atoms with Crippen LogP contribution in [0.1, 0.15) is 76.2 Å². The van der Waals surface area contributed by atoms with Crippen LogP contribution in [0, 0.1) is 23.6 Å². The molecule has 1 aromatic rings. The smallest absolute Gasteiger partial charge is 0.127 e. The van der Waals surface area contributed by atoms with E-state index in [4.69, 9.17) is 0 Å². The largest absolute Gasteiger partial charge is 0.508 e. The Bertz CT molecular complexity index is 472. The molecule has 0 saturated heterocycles. The van der Waals surface area contributed by atoms with E-state index in [0.29, 0.717) is 5.92 Å². The van der Waals surface area contributed by atoms with Gasteiger partial charge in [-0.15, -0.1) is 0 Å². The van der Waals surface area contributed by atoms with Crippen LogP contribution in [-0.2, 0) is 6.42 Å². The molecule has 0 spiro atoms. The summed E-state index contributed by atoms with van der Waals surface area (Å²) in [5, 5.41) is 9.56. The summed E-state index contributed by atoms with van der Waals surface area (Å²) < 4.78 is 13.4. The van der Waals surface area contributed by atoms with Crippen LogP contribution >= 0.6 is 0 Å². The molecule has 128 valence electrons. The lowest BCUT2D eigenvalue weighted by atomic mass is 9.76. The van der Waals surface area contributed by atoms with E-state index in [-0.39, 0.29) is 11.6 Å². The van der Waals surface area contributed by atoms with Crippen LogP contribution in [0.15, 0.2) is 18.2 Å². The number of phenols is 1. The van der Waals surface area contributed by atoms with Gasteiger partial charge in [0.15, 0.2) is 0 Å². The molecule has 3 rings (SSSR count). The highest BCUT2D eigenvalue weighted by Gasteiger charge is 2.23. The molecule has 0 radical (unpaired) electrons. The number of hydrogen-bond donors (Lipinski definition) is 1. The fourth-order valence-corrected chi connectivity index (χ4v) is 4.93. The quantitative estimate of drug-likeness (QED) is 0.658. The first-order chi connectivity index (χ1) is 11.2. The van der Waals surface area contributed by atoms with Gasteiger partial charge in [0.25, 0.3) is 0 Å². The van der Waals surface area contributed by atoms with Crippen molar-refractivity contribution in [2.45, 2.75) is 77.0 Å². The second kappa shape index (κ2) is 8.17. The van der Waals surface area contributed by atoms with E-state index in [2.05, 4.69) is 0 Å². The minimum Gasteiger partial charge on any atom is -0.508 e. The van der Waals surface area contributed by atoms with E-state index in [1.165, 1.54) is 76.7 Å². The van der Waals surface area contributed by atoms with Crippen molar-refractivity contribution in [3.05, 3.63) is 29.6 Å². The Morgan fingerprint density at radius 1 is 0.870 bits per heavy atom. The van der Waals surface area contributed by atoms with Gasteiger partial charge in [0, 0.05) is 6.07 Å². The monoisotopic (exact) mass is 318 g/mol. The van der Waals surface area contributed by atoms with Crippen LogP contribution < -0.4 is 0 Å². The third-order valence-corrected chi connectivity index (χ3v) is 6.06. The number of rotatable bonds is 6. The van der Waals surface area contributed by atoms with Gasteiger partial charge in [0.2, 0.25) is 0 Å². The van der Waals surface area contributed by atoms with Crippen LogP contribution in [0.25, 0.3) is 0 Å². The highest BCUT2D eigenvalue weighted by Crippen LogP contribution is 2.36. The molecule has 1 aromatic carbocycles. The van der Waals surface area contributed by atoms with Gasteiger partial charge in [-0.25, -0.2) is 4.39 Å². The van der Waals surface area contributed by atoms with Gasteiger partial charge in [-0.1, -0.05) is 64.2 Å². The summed E-state index contributed by atoms with van der Waals surface area (Å²) in [4.78, 5) is 0. The maximum atomic E-state index is 13.4.